The quantitative estimate of drug-likeness (QED) is 0.518. The van der Waals surface area contributed by atoms with Crippen LogP contribution in [0.4, 0.5) is 0 Å². The van der Waals surface area contributed by atoms with Gasteiger partial charge in [0.15, 0.2) is 0 Å². The lowest BCUT2D eigenvalue weighted by Gasteiger charge is -2.24. The van der Waals surface area contributed by atoms with Crippen molar-refractivity contribution in [2.75, 3.05) is 0 Å². The van der Waals surface area contributed by atoms with E-state index in [1.807, 2.05) is 0 Å². The van der Waals surface area contributed by atoms with Crippen molar-refractivity contribution in [1.82, 2.24) is 0 Å². The predicted octanol–water partition coefficient (Wildman–Crippen LogP) is 2.87. The average molecular weight is 152 g/mol. The van der Waals surface area contributed by atoms with Crippen LogP contribution in [0.1, 0.15) is 39.5 Å². The van der Waals surface area contributed by atoms with Gasteiger partial charge in [0, 0.05) is 5.92 Å². The van der Waals surface area contributed by atoms with E-state index in [2.05, 4.69) is 13.8 Å². The highest BCUT2D eigenvalue weighted by atomic mass is 16.5. The molecule has 0 aromatic carbocycles. The second kappa shape index (κ2) is 2.54. The molecule has 11 heavy (non-hydrogen) atoms. The van der Waals surface area contributed by atoms with Crippen LogP contribution in [0.15, 0.2) is 11.3 Å². The zero-order valence-corrected chi connectivity index (χ0v) is 7.39. The molecule has 2 aliphatic rings. The highest BCUT2D eigenvalue weighted by molar-refractivity contribution is 5.16. The van der Waals surface area contributed by atoms with Gasteiger partial charge in [-0.2, -0.15) is 0 Å². The van der Waals surface area contributed by atoms with Gasteiger partial charge in [0.2, 0.25) is 0 Å². The summed E-state index contributed by atoms with van der Waals surface area (Å²) in [6.45, 7) is 4.33. The Balaban J connectivity index is 2.15. The Kier molecular flexibility index (Phi) is 1.67. The largest absolute Gasteiger partial charge is 0.494 e. The SMILES string of the molecule is CC1=C(C)C2CCCCC2O1. The standard InChI is InChI=1S/C10H16O/c1-7-8(2)11-10-6-4-3-5-9(7)10/h9-10H,3-6H2,1-2H3. The van der Waals surface area contributed by atoms with Crippen LogP contribution >= 0.6 is 0 Å². The maximum Gasteiger partial charge on any atom is 0.105 e. The highest BCUT2D eigenvalue weighted by Crippen LogP contribution is 2.39. The molecule has 0 N–H and O–H groups in total. The molecular formula is C10H16O. The fourth-order valence-corrected chi connectivity index (χ4v) is 2.31. The van der Waals surface area contributed by atoms with Crippen LogP contribution in [0.3, 0.4) is 0 Å². The summed E-state index contributed by atoms with van der Waals surface area (Å²) < 4.78 is 5.76. The molecule has 1 nitrogen and oxygen atoms in total. The second-order valence-electron chi connectivity index (χ2n) is 3.79. The van der Waals surface area contributed by atoms with Crippen LogP contribution in [0.2, 0.25) is 0 Å². The Labute approximate surface area is 68.4 Å². The topological polar surface area (TPSA) is 9.23 Å². The first-order valence-electron chi connectivity index (χ1n) is 4.63. The predicted molar refractivity (Wildman–Crippen MR) is 45.2 cm³/mol. The van der Waals surface area contributed by atoms with Gasteiger partial charge in [-0.05, 0) is 38.7 Å². The van der Waals surface area contributed by atoms with E-state index in [0.717, 1.165) is 5.92 Å². The Morgan fingerprint density at radius 3 is 2.64 bits per heavy atom. The van der Waals surface area contributed by atoms with Crippen molar-refractivity contribution in [1.29, 1.82) is 0 Å². The summed E-state index contributed by atoms with van der Waals surface area (Å²) in [5, 5.41) is 0. The number of fused-ring (bicyclic) bond motifs is 1. The van der Waals surface area contributed by atoms with Gasteiger partial charge in [-0.3, -0.25) is 0 Å². The Morgan fingerprint density at radius 2 is 1.91 bits per heavy atom. The first kappa shape index (κ1) is 7.20. The van der Waals surface area contributed by atoms with Gasteiger partial charge in [0.25, 0.3) is 0 Å². The van der Waals surface area contributed by atoms with Crippen molar-refractivity contribution in [3.63, 3.8) is 0 Å². The van der Waals surface area contributed by atoms with E-state index in [1.54, 1.807) is 0 Å². The first-order valence-corrected chi connectivity index (χ1v) is 4.63. The van der Waals surface area contributed by atoms with E-state index < -0.39 is 0 Å². The van der Waals surface area contributed by atoms with Crippen LogP contribution in [0.5, 0.6) is 0 Å². The fourth-order valence-electron chi connectivity index (χ4n) is 2.31. The molecule has 0 amide bonds. The van der Waals surface area contributed by atoms with Gasteiger partial charge in [-0.15, -0.1) is 0 Å². The Bertz CT molecular complexity index is 193. The second-order valence-corrected chi connectivity index (χ2v) is 3.79. The third-order valence-electron chi connectivity index (χ3n) is 3.14. The lowest BCUT2D eigenvalue weighted by Crippen LogP contribution is -2.22. The van der Waals surface area contributed by atoms with Crippen LogP contribution in [-0.2, 0) is 4.74 Å². The van der Waals surface area contributed by atoms with Crippen molar-refractivity contribution in [3.8, 4) is 0 Å². The van der Waals surface area contributed by atoms with Crippen LogP contribution in [0.25, 0.3) is 0 Å². The summed E-state index contributed by atoms with van der Waals surface area (Å²) in [7, 11) is 0. The fraction of sp³-hybridized carbons (Fsp3) is 0.800. The summed E-state index contributed by atoms with van der Waals surface area (Å²) in [5.41, 5.74) is 1.51. The van der Waals surface area contributed by atoms with Crippen molar-refractivity contribution >= 4 is 0 Å². The molecule has 0 bridgehead atoms. The normalized spacial score (nSPS) is 36.9. The smallest absolute Gasteiger partial charge is 0.105 e. The van der Waals surface area contributed by atoms with Gasteiger partial charge in [-0.1, -0.05) is 6.42 Å². The molecule has 1 heteroatoms. The van der Waals surface area contributed by atoms with E-state index in [-0.39, 0.29) is 0 Å². The van der Waals surface area contributed by atoms with E-state index in [1.165, 1.54) is 37.0 Å². The number of allylic oxidation sites excluding steroid dienone is 1. The monoisotopic (exact) mass is 152 g/mol. The molecule has 1 aliphatic heterocycles. The molecular weight excluding hydrogens is 136 g/mol. The van der Waals surface area contributed by atoms with Crippen molar-refractivity contribution < 1.29 is 4.74 Å². The Hall–Kier alpha value is -0.460. The van der Waals surface area contributed by atoms with Crippen molar-refractivity contribution in [2.24, 2.45) is 5.92 Å². The molecule has 1 fully saturated rings. The molecule has 2 atom stereocenters. The van der Waals surface area contributed by atoms with Crippen LogP contribution in [-0.4, -0.2) is 6.10 Å². The number of rotatable bonds is 0. The first-order chi connectivity index (χ1) is 5.29. The zero-order valence-electron chi connectivity index (χ0n) is 7.39. The third-order valence-corrected chi connectivity index (χ3v) is 3.14. The van der Waals surface area contributed by atoms with Crippen LogP contribution in [0, 0.1) is 5.92 Å². The number of hydrogen-bond acceptors (Lipinski definition) is 1. The number of hydrogen-bond donors (Lipinski definition) is 0. The molecule has 2 unspecified atom stereocenters. The van der Waals surface area contributed by atoms with Gasteiger partial charge >= 0.3 is 0 Å². The van der Waals surface area contributed by atoms with Crippen molar-refractivity contribution in [2.45, 2.75) is 45.6 Å². The molecule has 1 heterocycles. The minimum absolute atomic E-state index is 0.545. The van der Waals surface area contributed by atoms with Gasteiger partial charge in [0.1, 0.15) is 6.10 Å². The summed E-state index contributed by atoms with van der Waals surface area (Å²) >= 11 is 0. The maximum absolute atomic E-state index is 5.76. The third kappa shape index (κ3) is 1.07. The molecule has 0 radical (unpaired) electrons. The average Bonchev–Trinajstić information content (AvgIpc) is 2.30. The maximum atomic E-state index is 5.76. The molecule has 62 valence electrons. The van der Waals surface area contributed by atoms with E-state index >= 15 is 0 Å². The molecule has 0 aromatic heterocycles. The molecule has 0 spiro atoms. The van der Waals surface area contributed by atoms with Gasteiger partial charge in [0.05, 0.1) is 5.76 Å². The van der Waals surface area contributed by atoms with E-state index in [4.69, 9.17) is 4.74 Å². The summed E-state index contributed by atoms with van der Waals surface area (Å²) in [4.78, 5) is 0. The van der Waals surface area contributed by atoms with Gasteiger partial charge < -0.3 is 4.74 Å². The van der Waals surface area contributed by atoms with Crippen molar-refractivity contribution in [3.05, 3.63) is 11.3 Å². The van der Waals surface area contributed by atoms with E-state index in [0.29, 0.717) is 6.10 Å². The number of ether oxygens (including phenoxy) is 1. The molecule has 0 saturated heterocycles. The van der Waals surface area contributed by atoms with E-state index in [9.17, 15) is 0 Å². The molecule has 0 aromatic rings. The minimum Gasteiger partial charge on any atom is -0.494 e. The highest BCUT2D eigenvalue weighted by Gasteiger charge is 2.33. The molecule has 1 saturated carbocycles. The minimum atomic E-state index is 0.545. The molecule has 1 aliphatic carbocycles. The summed E-state index contributed by atoms with van der Waals surface area (Å²) in [6.07, 6.45) is 5.94. The Morgan fingerprint density at radius 1 is 1.18 bits per heavy atom. The molecule has 2 rings (SSSR count). The lowest BCUT2D eigenvalue weighted by molar-refractivity contribution is 0.0828. The van der Waals surface area contributed by atoms with Crippen LogP contribution < -0.4 is 0 Å². The summed E-state index contributed by atoms with van der Waals surface area (Å²) in [6, 6.07) is 0. The zero-order chi connectivity index (χ0) is 7.84. The summed E-state index contributed by atoms with van der Waals surface area (Å²) in [5.74, 6) is 1.96. The van der Waals surface area contributed by atoms with Gasteiger partial charge in [-0.25, -0.2) is 0 Å². The lowest BCUT2D eigenvalue weighted by atomic mass is 9.83.